The Bertz CT molecular complexity index is 906. The third kappa shape index (κ3) is 3.26. The fourth-order valence-corrected chi connectivity index (χ4v) is 5.65. The second kappa shape index (κ2) is 6.62. The number of carboxylic acid groups (broad SMARTS) is 1. The monoisotopic (exact) mass is 389 g/mol. The number of rotatable bonds is 3. The first-order valence-corrected chi connectivity index (χ1v) is 10.6. The summed E-state index contributed by atoms with van der Waals surface area (Å²) in [6.45, 7) is 7.91. The zero-order valence-corrected chi connectivity index (χ0v) is 17.1. The highest BCUT2D eigenvalue weighted by Gasteiger charge is 2.33. The van der Waals surface area contributed by atoms with Crippen LogP contribution in [0, 0.1) is 11.3 Å². The number of imidazole rings is 1. The maximum atomic E-state index is 12.3. The number of hydrogen-bond acceptors (Lipinski definition) is 4. The van der Waals surface area contributed by atoms with Gasteiger partial charge in [-0.15, -0.1) is 11.3 Å². The summed E-state index contributed by atoms with van der Waals surface area (Å²) in [6.07, 6.45) is 5.52. The Kier molecular flexibility index (Phi) is 4.53. The fourth-order valence-electron chi connectivity index (χ4n) is 4.39. The van der Waals surface area contributed by atoms with Crippen LogP contribution in [0.2, 0.25) is 0 Å². The van der Waals surface area contributed by atoms with Crippen molar-refractivity contribution in [2.45, 2.75) is 65.8 Å². The normalized spacial score (nSPS) is 20.9. The molecule has 2 aromatic heterocycles. The molecule has 1 amide bonds. The van der Waals surface area contributed by atoms with Crippen molar-refractivity contribution >= 4 is 28.2 Å². The Morgan fingerprint density at radius 3 is 2.74 bits per heavy atom. The van der Waals surface area contributed by atoms with Gasteiger partial charge in [0.15, 0.2) is 10.7 Å². The summed E-state index contributed by atoms with van der Waals surface area (Å²) in [6, 6.07) is 0. The number of hydrogen-bond donors (Lipinski definition) is 1. The number of amides is 1. The molecule has 1 saturated heterocycles. The minimum atomic E-state index is -1.01. The molecule has 0 saturated carbocycles. The van der Waals surface area contributed by atoms with E-state index in [0.717, 1.165) is 37.1 Å². The van der Waals surface area contributed by atoms with E-state index in [-0.39, 0.29) is 17.0 Å². The number of aromatic carboxylic acids is 1. The molecule has 146 valence electrons. The van der Waals surface area contributed by atoms with Gasteiger partial charge in [-0.1, -0.05) is 20.8 Å². The number of likely N-dealkylation sites (tertiary alicyclic amines) is 1. The van der Waals surface area contributed by atoms with Crippen molar-refractivity contribution in [2.75, 3.05) is 6.54 Å². The first-order valence-electron chi connectivity index (χ1n) is 9.78. The number of thiazole rings is 1. The summed E-state index contributed by atoms with van der Waals surface area (Å²) in [4.78, 5) is 32.4. The van der Waals surface area contributed by atoms with E-state index in [0.29, 0.717) is 31.1 Å². The van der Waals surface area contributed by atoms with E-state index in [2.05, 4.69) is 25.8 Å². The van der Waals surface area contributed by atoms with Gasteiger partial charge in [-0.05, 0) is 43.4 Å². The quantitative estimate of drug-likeness (QED) is 0.867. The molecule has 1 aliphatic carbocycles. The van der Waals surface area contributed by atoms with Crippen molar-refractivity contribution in [1.29, 1.82) is 0 Å². The maximum Gasteiger partial charge on any atom is 0.356 e. The van der Waals surface area contributed by atoms with Gasteiger partial charge in [-0.2, -0.15) is 0 Å². The number of carbonyl (C=O) groups is 2. The molecule has 1 atom stereocenters. The first kappa shape index (κ1) is 18.5. The van der Waals surface area contributed by atoms with Crippen molar-refractivity contribution in [3.63, 3.8) is 0 Å². The molecule has 1 fully saturated rings. The van der Waals surface area contributed by atoms with E-state index >= 15 is 0 Å². The van der Waals surface area contributed by atoms with Crippen molar-refractivity contribution in [3.05, 3.63) is 22.0 Å². The summed E-state index contributed by atoms with van der Waals surface area (Å²) in [5.41, 5.74) is 2.23. The summed E-state index contributed by atoms with van der Waals surface area (Å²) in [7, 11) is 0. The number of fused-ring (bicyclic) bond motifs is 3. The van der Waals surface area contributed by atoms with E-state index in [1.54, 1.807) is 16.2 Å². The summed E-state index contributed by atoms with van der Waals surface area (Å²) >= 11 is 1.62. The van der Waals surface area contributed by atoms with E-state index in [9.17, 15) is 14.7 Å². The number of aromatic nitrogens is 2. The molecule has 0 bridgehead atoms. The standard InChI is InChI=1S/C20H27N3O3S/c1-20(2,3)12-7-8-13-15(10-12)27-19-21-17(18(25)26)14(23(13)19)11-22-9-5-4-6-16(22)24/h12H,4-11H2,1-3H3,(H,25,26). The number of nitrogens with zero attached hydrogens (tertiary/aromatic N) is 3. The SMILES string of the molecule is CC(C)(C)C1CCc2c(sc3nc(C(=O)O)c(CN4CCCCC4=O)n23)C1. The Balaban J connectivity index is 1.75. The third-order valence-corrected chi connectivity index (χ3v) is 7.20. The van der Waals surface area contributed by atoms with Gasteiger partial charge in [0, 0.05) is 23.5 Å². The van der Waals surface area contributed by atoms with Gasteiger partial charge in [0.25, 0.3) is 0 Å². The largest absolute Gasteiger partial charge is 0.476 e. The lowest BCUT2D eigenvalue weighted by Crippen LogP contribution is -2.35. The summed E-state index contributed by atoms with van der Waals surface area (Å²) in [5, 5.41) is 9.66. The Hall–Kier alpha value is -1.89. The van der Waals surface area contributed by atoms with E-state index in [1.165, 1.54) is 10.6 Å². The highest BCUT2D eigenvalue weighted by atomic mass is 32.1. The molecule has 7 heteroatoms. The van der Waals surface area contributed by atoms with Crippen molar-refractivity contribution in [3.8, 4) is 0 Å². The number of carboxylic acids is 1. The predicted octanol–water partition coefficient (Wildman–Crippen LogP) is 3.76. The van der Waals surface area contributed by atoms with Crippen LogP contribution in [0.15, 0.2) is 0 Å². The number of aryl methyl sites for hydroxylation is 1. The average Bonchev–Trinajstić information content (AvgIpc) is 3.12. The topological polar surface area (TPSA) is 74.9 Å². The number of piperidine rings is 1. The number of carbonyl (C=O) groups excluding carboxylic acids is 1. The van der Waals surface area contributed by atoms with Gasteiger partial charge in [-0.3, -0.25) is 9.20 Å². The van der Waals surface area contributed by atoms with Gasteiger partial charge in [0.2, 0.25) is 5.91 Å². The maximum absolute atomic E-state index is 12.3. The molecular formula is C20H27N3O3S. The van der Waals surface area contributed by atoms with Gasteiger partial charge < -0.3 is 10.0 Å². The average molecular weight is 390 g/mol. The van der Waals surface area contributed by atoms with Crippen LogP contribution in [-0.4, -0.2) is 37.8 Å². The van der Waals surface area contributed by atoms with Gasteiger partial charge in [0.05, 0.1) is 12.2 Å². The molecule has 2 aliphatic rings. The smallest absolute Gasteiger partial charge is 0.356 e. The molecule has 1 aliphatic heterocycles. The minimum absolute atomic E-state index is 0.0976. The molecule has 4 rings (SSSR count). The van der Waals surface area contributed by atoms with Crippen LogP contribution in [0.1, 0.15) is 73.2 Å². The molecule has 0 aromatic carbocycles. The Morgan fingerprint density at radius 1 is 1.30 bits per heavy atom. The van der Waals surface area contributed by atoms with E-state index in [1.807, 2.05) is 4.40 Å². The van der Waals surface area contributed by atoms with Gasteiger partial charge >= 0.3 is 5.97 Å². The third-order valence-electron chi connectivity index (χ3n) is 6.10. The lowest BCUT2D eigenvalue weighted by molar-refractivity contribution is -0.133. The van der Waals surface area contributed by atoms with E-state index in [4.69, 9.17) is 0 Å². The fraction of sp³-hybridized carbons (Fsp3) is 0.650. The van der Waals surface area contributed by atoms with Crippen LogP contribution in [0.5, 0.6) is 0 Å². The molecule has 3 heterocycles. The molecule has 6 nitrogen and oxygen atoms in total. The Morgan fingerprint density at radius 2 is 2.07 bits per heavy atom. The Labute approximate surface area is 163 Å². The molecule has 1 unspecified atom stereocenters. The zero-order chi connectivity index (χ0) is 19.3. The van der Waals surface area contributed by atoms with Crippen LogP contribution in [0.25, 0.3) is 4.96 Å². The zero-order valence-electron chi connectivity index (χ0n) is 16.2. The first-order chi connectivity index (χ1) is 12.8. The van der Waals surface area contributed by atoms with E-state index < -0.39 is 5.97 Å². The van der Waals surface area contributed by atoms with Crippen LogP contribution in [0.4, 0.5) is 0 Å². The summed E-state index contributed by atoms with van der Waals surface area (Å²) in [5.74, 6) is -0.272. The lowest BCUT2D eigenvalue weighted by atomic mass is 9.73. The van der Waals surface area contributed by atoms with Crippen LogP contribution in [-0.2, 0) is 24.2 Å². The molecular weight excluding hydrogens is 362 g/mol. The van der Waals surface area contributed by atoms with Crippen LogP contribution < -0.4 is 0 Å². The molecule has 2 aromatic rings. The van der Waals surface area contributed by atoms with Crippen LogP contribution >= 0.6 is 11.3 Å². The van der Waals surface area contributed by atoms with Crippen molar-refractivity contribution in [1.82, 2.24) is 14.3 Å². The second-order valence-electron chi connectivity index (χ2n) is 8.88. The lowest BCUT2D eigenvalue weighted by Gasteiger charge is -2.33. The summed E-state index contributed by atoms with van der Waals surface area (Å²) < 4.78 is 2.05. The molecule has 0 radical (unpaired) electrons. The second-order valence-corrected chi connectivity index (χ2v) is 9.94. The molecule has 0 spiro atoms. The van der Waals surface area contributed by atoms with Gasteiger partial charge in [-0.25, -0.2) is 9.78 Å². The van der Waals surface area contributed by atoms with Crippen molar-refractivity contribution < 1.29 is 14.7 Å². The van der Waals surface area contributed by atoms with Crippen molar-refractivity contribution in [2.24, 2.45) is 11.3 Å². The van der Waals surface area contributed by atoms with Gasteiger partial charge in [0.1, 0.15) is 0 Å². The molecule has 27 heavy (non-hydrogen) atoms. The molecule has 1 N–H and O–H groups in total. The highest BCUT2D eigenvalue weighted by Crippen LogP contribution is 2.41. The highest BCUT2D eigenvalue weighted by molar-refractivity contribution is 7.17. The minimum Gasteiger partial charge on any atom is -0.476 e. The predicted molar refractivity (Wildman–Crippen MR) is 104 cm³/mol. The van der Waals surface area contributed by atoms with Crippen LogP contribution in [0.3, 0.4) is 0 Å².